The summed E-state index contributed by atoms with van der Waals surface area (Å²) in [6.07, 6.45) is 3.76. The quantitative estimate of drug-likeness (QED) is 0.387. The third-order valence-electron chi connectivity index (χ3n) is 1.79. The lowest BCUT2D eigenvalue weighted by Gasteiger charge is -2.03. The number of aliphatic imine (C=N–C) groups is 1. The summed E-state index contributed by atoms with van der Waals surface area (Å²) in [5.41, 5.74) is 0. The van der Waals surface area contributed by atoms with E-state index in [1.807, 2.05) is 5.16 Å². The zero-order chi connectivity index (χ0) is 10.8. The first-order valence-electron chi connectivity index (χ1n) is 4.91. The first-order valence-corrected chi connectivity index (χ1v) is 5.32. The monoisotopic (exact) mass is 215 g/mol. The van der Waals surface area contributed by atoms with Crippen LogP contribution in [0.2, 0.25) is 0 Å². The molecule has 1 amide bonds. The molecule has 0 heterocycles. The van der Waals surface area contributed by atoms with Gasteiger partial charge in [-0.2, -0.15) is 0 Å². The van der Waals surface area contributed by atoms with Crippen molar-refractivity contribution >= 4 is 23.5 Å². The van der Waals surface area contributed by atoms with E-state index in [0.29, 0.717) is 6.61 Å². The molecule has 0 aromatic rings. The molecule has 0 N–H and O–H groups in total. The molecular weight excluding hydrogens is 198 g/mol. The van der Waals surface area contributed by atoms with Gasteiger partial charge < -0.3 is 4.74 Å². The molecule has 0 saturated carbocycles. The normalized spacial score (nSPS) is 9.64. The molecule has 0 aliphatic heterocycles. The fraction of sp³-hybridized carbons (Fsp3) is 0.800. The number of amides is 1. The highest BCUT2D eigenvalue weighted by Gasteiger charge is 1.98. The van der Waals surface area contributed by atoms with Gasteiger partial charge in [-0.25, -0.2) is 4.79 Å². The van der Waals surface area contributed by atoms with Crippen molar-refractivity contribution < 1.29 is 9.53 Å². The molecule has 0 fully saturated rings. The fourth-order valence-electron chi connectivity index (χ4n) is 1.06. The van der Waals surface area contributed by atoms with E-state index in [4.69, 9.17) is 4.74 Å². The molecule has 0 unspecified atom stereocenters. The van der Waals surface area contributed by atoms with Gasteiger partial charge in [0, 0.05) is 0 Å². The standard InChI is InChI=1S/C10H17NO2S/c1-9(2)6-4-3-5-7-13-10(12)11-8-14/h9H,3-7H2,1-2H3. The van der Waals surface area contributed by atoms with Crippen LogP contribution >= 0.6 is 12.2 Å². The van der Waals surface area contributed by atoms with Crippen LogP contribution in [0.1, 0.15) is 39.5 Å². The summed E-state index contributed by atoms with van der Waals surface area (Å²) in [6.45, 7) is 4.83. The topological polar surface area (TPSA) is 38.7 Å². The Balaban J connectivity index is 3.21. The van der Waals surface area contributed by atoms with Gasteiger partial charge in [-0.05, 0) is 24.6 Å². The zero-order valence-electron chi connectivity index (χ0n) is 8.78. The molecule has 4 heteroatoms. The van der Waals surface area contributed by atoms with Gasteiger partial charge in [0.2, 0.25) is 0 Å². The summed E-state index contributed by atoms with van der Waals surface area (Å²) in [5, 5.41) is 1.97. The highest BCUT2D eigenvalue weighted by atomic mass is 32.1. The van der Waals surface area contributed by atoms with E-state index in [1.165, 1.54) is 12.8 Å². The smallest absolute Gasteiger partial charge is 0.442 e. The Morgan fingerprint density at radius 2 is 2.14 bits per heavy atom. The number of isothiocyanates is 1. The van der Waals surface area contributed by atoms with E-state index in [0.717, 1.165) is 18.8 Å². The van der Waals surface area contributed by atoms with Gasteiger partial charge in [-0.15, -0.1) is 4.99 Å². The lowest BCUT2D eigenvalue weighted by atomic mass is 10.1. The van der Waals surface area contributed by atoms with Gasteiger partial charge in [-0.1, -0.05) is 33.1 Å². The van der Waals surface area contributed by atoms with E-state index in [9.17, 15) is 4.79 Å². The van der Waals surface area contributed by atoms with Gasteiger partial charge in [0.1, 0.15) is 0 Å². The highest BCUT2D eigenvalue weighted by molar-refractivity contribution is 7.78. The van der Waals surface area contributed by atoms with Crippen LogP contribution < -0.4 is 0 Å². The van der Waals surface area contributed by atoms with E-state index in [-0.39, 0.29) is 0 Å². The predicted octanol–water partition coefficient (Wildman–Crippen LogP) is 3.44. The number of carbonyl (C=O) groups is 1. The Morgan fingerprint density at radius 1 is 1.43 bits per heavy atom. The molecule has 0 radical (unpaired) electrons. The molecule has 0 saturated heterocycles. The van der Waals surface area contributed by atoms with Gasteiger partial charge in [0.15, 0.2) is 0 Å². The average molecular weight is 215 g/mol. The van der Waals surface area contributed by atoms with Gasteiger partial charge in [-0.3, -0.25) is 0 Å². The average Bonchev–Trinajstić information content (AvgIpc) is 2.11. The number of carbonyl (C=O) groups excluding carboxylic acids is 1. The zero-order valence-corrected chi connectivity index (χ0v) is 9.60. The van der Waals surface area contributed by atoms with Crippen molar-refractivity contribution in [2.75, 3.05) is 6.61 Å². The third kappa shape index (κ3) is 9.36. The second-order valence-corrected chi connectivity index (χ2v) is 3.74. The number of hydrogen-bond acceptors (Lipinski definition) is 3. The third-order valence-corrected chi connectivity index (χ3v) is 1.88. The van der Waals surface area contributed by atoms with Crippen LogP contribution in [-0.2, 0) is 4.74 Å². The minimum absolute atomic E-state index is 0.428. The van der Waals surface area contributed by atoms with Crippen LogP contribution in [0.15, 0.2) is 4.99 Å². The summed E-state index contributed by atoms with van der Waals surface area (Å²) in [7, 11) is 0. The summed E-state index contributed by atoms with van der Waals surface area (Å²) in [4.78, 5) is 13.8. The van der Waals surface area contributed by atoms with Gasteiger partial charge >= 0.3 is 6.09 Å². The van der Waals surface area contributed by atoms with Gasteiger partial charge in [0.25, 0.3) is 0 Å². The number of ether oxygens (including phenoxy) is 1. The maximum absolute atomic E-state index is 10.7. The van der Waals surface area contributed by atoms with Crippen LogP contribution in [0.25, 0.3) is 0 Å². The molecule has 14 heavy (non-hydrogen) atoms. The molecule has 0 aliphatic carbocycles. The van der Waals surface area contributed by atoms with Crippen molar-refractivity contribution in [3.05, 3.63) is 0 Å². The first-order chi connectivity index (χ1) is 6.66. The lowest BCUT2D eigenvalue weighted by Crippen LogP contribution is -2.00. The van der Waals surface area contributed by atoms with Crippen LogP contribution in [0.3, 0.4) is 0 Å². The second kappa shape index (κ2) is 8.85. The molecule has 0 aromatic carbocycles. The van der Waals surface area contributed by atoms with E-state index in [2.05, 4.69) is 31.1 Å². The Morgan fingerprint density at radius 3 is 2.71 bits per heavy atom. The van der Waals surface area contributed by atoms with E-state index in [1.54, 1.807) is 0 Å². The molecule has 0 aromatic heterocycles. The van der Waals surface area contributed by atoms with Crippen LogP contribution in [0, 0.1) is 5.92 Å². The van der Waals surface area contributed by atoms with Crippen molar-refractivity contribution in [3.63, 3.8) is 0 Å². The largest absolute Gasteiger partial charge is 0.447 e. The maximum Gasteiger partial charge on any atom is 0.442 e. The van der Waals surface area contributed by atoms with Crippen molar-refractivity contribution in [2.24, 2.45) is 10.9 Å². The number of thiocarbonyl (C=S) groups is 1. The van der Waals surface area contributed by atoms with Crippen molar-refractivity contribution in [1.29, 1.82) is 0 Å². The molecule has 0 bridgehead atoms. The van der Waals surface area contributed by atoms with E-state index >= 15 is 0 Å². The van der Waals surface area contributed by atoms with E-state index < -0.39 is 6.09 Å². The molecule has 80 valence electrons. The summed E-state index contributed by atoms with van der Waals surface area (Å²) >= 11 is 4.26. The highest BCUT2D eigenvalue weighted by Crippen LogP contribution is 2.07. The summed E-state index contributed by atoms with van der Waals surface area (Å²) in [5.74, 6) is 0.747. The van der Waals surface area contributed by atoms with Crippen LogP contribution in [-0.4, -0.2) is 17.9 Å². The Hall–Kier alpha value is -0.730. The van der Waals surface area contributed by atoms with Crippen molar-refractivity contribution in [2.45, 2.75) is 39.5 Å². The van der Waals surface area contributed by atoms with Crippen molar-refractivity contribution in [3.8, 4) is 0 Å². The minimum atomic E-state index is -0.635. The summed E-state index contributed by atoms with van der Waals surface area (Å²) < 4.78 is 4.75. The second-order valence-electron chi connectivity index (χ2n) is 3.56. The molecule has 0 atom stereocenters. The Kier molecular flexibility index (Phi) is 8.39. The Bertz CT molecular complexity index is 210. The Labute approximate surface area is 90.6 Å². The number of hydrogen-bond donors (Lipinski definition) is 0. The SMILES string of the molecule is CC(C)CCCCCOC(=O)N=C=S. The molecule has 0 aliphatic rings. The van der Waals surface area contributed by atoms with Crippen LogP contribution in [0.5, 0.6) is 0 Å². The number of nitrogens with zero attached hydrogens (tertiary/aromatic N) is 1. The minimum Gasteiger partial charge on any atom is -0.447 e. The maximum atomic E-state index is 10.7. The first kappa shape index (κ1) is 13.3. The molecule has 3 nitrogen and oxygen atoms in total. The number of unbranched alkanes of at least 4 members (excludes halogenated alkanes) is 2. The molecular formula is C10H17NO2S. The van der Waals surface area contributed by atoms with Gasteiger partial charge in [0.05, 0.1) is 11.8 Å². The lowest BCUT2D eigenvalue weighted by molar-refractivity contribution is 0.155. The summed E-state index contributed by atoms with van der Waals surface area (Å²) in [6, 6.07) is 0. The van der Waals surface area contributed by atoms with Crippen LogP contribution in [0.4, 0.5) is 4.79 Å². The molecule has 0 rings (SSSR count). The van der Waals surface area contributed by atoms with Crippen molar-refractivity contribution in [1.82, 2.24) is 0 Å². The predicted molar refractivity (Wildman–Crippen MR) is 59.7 cm³/mol. The molecule has 0 spiro atoms. The fourth-order valence-corrected chi connectivity index (χ4v) is 1.13. The number of rotatable bonds is 6.